The molecular formula is C28H36N7O3Y-. The van der Waals surface area contributed by atoms with Crippen LogP contribution in [0.3, 0.4) is 0 Å². The van der Waals surface area contributed by atoms with Gasteiger partial charge in [-0.25, -0.2) is 11.4 Å². The van der Waals surface area contributed by atoms with Crippen LogP contribution in [0.5, 0.6) is 6.01 Å². The van der Waals surface area contributed by atoms with Crippen molar-refractivity contribution in [3.8, 4) is 6.01 Å². The summed E-state index contributed by atoms with van der Waals surface area (Å²) in [6, 6.07) is 10.1. The molecule has 1 N–H and O–H groups in total. The van der Waals surface area contributed by atoms with Crippen LogP contribution in [-0.2, 0) is 57.0 Å². The largest absolute Gasteiger partial charge is 0.462 e. The Morgan fingerprint density at radius 2 is 2.03 bits per heavy atom. The minimum absolute atomic E-state index is 0. The van der Waals surface area contributed by atoms with Gasteiger partial charge in [0.05, 0.1) is 5.69 Å². The molecule has 1 aromatic carbocycles. The average molecular weight is 608 g/mol. The van der Waals surface area contributed by atoms with Crippen LogP contribution in [0.1, 0.15) is 29.7 Å². The van der Waals surface area contributed by atoms with Crippen molar-refractivity contribution in [2.75, 3.05) is 57.3 Å². The maximum absolute atomic E-state index is 13.0. The van der Waals surface area contributed by atoms with Gasteiger partial charge in [-0.1, -0.05) is 30.3 Å². The maximum atomic E-state index is 13.0. The number of carbonyl (C=O) groups is 1. The molecule has 1 radical (unpaired) electrons. The fourth-order valence-corrected chi connectivity index (χ4v) is 5.54. The number of piperazine rings is 1. The number of nitrogens with zero attached hydrogens (tertiary/aromatic N) is 6. The van der Waals surface area contributed by atoms with Crippen LogP contribution in [0.4, 0.5) is 10.6 Å². The molecule has 2 aromatic rings. The second kappa shape index (κ2) is 14.4. The Labute approximate surface area is 256 Å². The zero-order chi connectivity index (χ0) is 26.3. The number of likely N-dealkylation sites (tertiary alicyclic amines) is 1. The van der Waals surface area contributed by atoms with Crippen LogP contribution in [0.2, 0.25) is 0 Å². The third kappa shape index (κ3) is 7.26. The summed E-state index contributed by atoms with van der Waals surface area (Å²) in [7, 11) is 0. The Kier molecular flexibility index (Phi) is 10.9. The van der Waals surface area contributed by atoms with E-state index >= 15 is 0 Å². The van der Waals surface area contributed by atoms with Crippen LogP contribution in [0.25, 0.3) is 4.85 Å². The second-order valence-electron chi connectivity index (χ2n) is 10.00. The number of fused-ring (bicyclic) bond motifs is 1. The third-order valence-corrected chi connectivity index (χ3v) is 7.61. The van der Waals surface area contributed by atoms with E-state index in [2.05, 4.69) is 26.9 Å². The minimum atomic E-state index is -0.383. The van der Waals surface area contributed by atoms with Crippen molar-refractivity contribution in [2.45, 2.75) is 44.5 Å². The van der Waals surface area contributed by atoms with Gasteiger partial charge in [-0.15, -0.1) is 6.54 Å². The molecule has 0 unspecified atom stereocenters. The van der Waals surface area contributed by atoms with Gasteiger partial charge >= 0.3 is 12.1 Å². The first-order valence-corrected chi connectivity index (χ1v) is 13.5. The molecule has 3 aliphatic heterocycles. The number of amides is 1. The van der Waals surface area contributed by atoms with Crippen molar-refractivity contribution in [2.24, 2.45) is 0 Å². The Morgan fingerprint density at radius 1 is 1.18 bits per heavy atom. The van der Waals surface area contributed by atoms with E-state index in [1.165, 1.54) is 0 Å². The van der Waals surface area contributed by atoms with Crippen molar-refractivity contribution < 1.29 is 47.0 Å². The number of nitrogens with one attached hydrogen (secondary N) is 1. The molecule has 1 amide bonds. The first-order chi connectivity index (χ1) is 18.7. The van der Waals surface area contributed by atoms with Gasteiger partial charge in [-0.3, -0.25) is 4.90 Å². The molecule has 205 valence electrons. The number of ether oxygens (including phenoxy) is 2. The fourth-order valence-electron chi connectivity index (χ4n) is 5.54. The molecule has 5 rings (SSSR count). The molecule has 1 aromatic heterocycles. The summed E-state index contributed by atoms with van der Waals surface area (Å²) in [6.45, 7) is 17.4. The zero-order valence-electron chi connectivity index (χ0n) is 22.4. The number of rotatable bonds is 8. The van der Waals surface area contributed by atoms with E-state index in [9.17, 15) is 4.79 Å². The first kappa shape index (κ1) is 29.7. The number of aromatic nitrogens is 2. The van der Waals surface area contributed by atoms with Crippen molar-refractivity contribution in [1.82, 2.24) is 25.1 Å². The molecule has 2 fully saturated rings. The summed E-state index contributed by atoms with van der Waals surface area (Å²) >= 11 is 0. The van der Waals surface area contributed by atoms with Crippen LogP contribution in [0, 0.1) is 13.5 Å². The number of anilines is 1. The van der Waals surface area contributed by atoms with Crippen LogP contribution >= 0.6 is 0 Å². The van der Waals surface area contributed by atoms with Gasteiger partial charge < -0.3 is 36.4 Å². The zero-order valence-corrected chi connectivity index (χ0v) is 25.3. The van der Waals surface area contributed by atoms with Gasteiger partial charge in [0.1, 0.15) is 25.1 Å². The fraction of sp³-hybridized carbons (Fsp3) is 0.536. The molecule has 0 bridgehead atoms. The second-order valence-corrected chi connectivity index (χ2v) is 10.00. The van der Waals surface area contributed by atoms with Gasteiger partial charge in [0, 0.05) is 70.5 Å². The molecule has 2 saturated heterocycles. The molecule has 39 heavy (non-hydrogen) atoms. The smallest absolute Gasteiger partial charge is 0.410 e. The van der Waals surface area contributed by atoms with E-state index in [0.717, 1.165) is 61.5 Å². The number of hydrogen-bond acceptors (Lipinski definition) is 8. The van der Waals surface area contributed by atoms with Crippen molar-refractivity contribution in [1.29, 1.82) is 0 Å². The van der Waals surface area contributed by atoms with E-state index in [4.69, 9.17) is 26.0 Å². The molecule has 4 heterocycles. The molecule has 2 atom stereocenters. The number of hydrogen-bond donors (Lipinski definition) is 1. The number of benzene rings is 1. The molecule has 0 saturated carbocycles. The summed E-state index contributed by atoms with van der Waals surface area (Å²) in [6.07, 6.45) is 2.70. The topological polar surface area (TPSA) is 87.4 Å². The van der Waals surface area contributed by atoms with Crippen molar-refractivity contribution in [3.63, 3.8) is 0 Å². The Morgan fingerprint density at radius 3 is 2.82 bits per heavy atom. The Bertz CT molecular complexity index is 1150. The van der Waals surface area contributed by atoms with Gasteiger partial charge in [0.25, 0.3) is 0 Å². The standard InChI is InChI=1S/C28H36N7O3.Y/c1-3-33-13-7-10-22(33)20-37-27-31-25-17-30-12-11-24(25)26(32-27)34-14-15-35(23(18-34)16-29-2)28(36)38-19-21-8-5-4-6-9-21;/h4-6,8-9,22-23,30H,1,3,7,10-20H2;/q-1;/t22-,23-;/m0./s1. The van der Waals surface area contributed by atoms with Crippen LogP contribution in [-0.4, -0.2) is 90.4 Å². The summed E-state index contributed by atoms with van der Waals surface area (Å²) < 4.78 is 11.7. The summed E-state index contributed by atoms with van der Waals surface area (Å²) in [4.78, 5) is 32.4. The van der Waals surface area contributed by atoms with Crippen molar-refractivity contribution in [3.05, 3.63) is 65.5 Å². The number of carbonyl (C=O) groups excluding carboxylic acids is 1. The van der Waals surface area contributed by atoms with Gasteiger partial charge in [-0.2, -0.15) is 9.97 Å². The van der Waals surface area contributed by atoms with Crippen molar-refractivity contribution >= 4 is 11.9 Å². The molecule has 0 aliphatic carbocycles. The van der Waals surface area contributed by atoms with E-state index in [0.29, 0.717) is 44.8 Å². The van der Waals surface area contributed by atoms with Crippen LogP contribution in [0.15, 0.2) is 30.3 Å². The van der Waals surface area contributed by atoms with E-state index in [1.807, 2.05) is 30.3 Å². The molecule has 11 heteroatoms. The van der Waals surface area contributed by atoms with E-state index in [-0.39, 0.29) is 58.0 Å². The predicted octanol–water partition coefficient (Wildman–Crippen LogP) is 2.54. The Hall–Kier alpha value is -2.32. The molecular weight excluding hydrogens is 571 g/mol. The maximum Gasteiger partial charge on any atom is 0.410 e. The quantitative estimate of drug-likeness (QED) is 0.459. The average Bonchev–Trinajstić information content (AvgIpc) is 3.43. The molecule has 3 aliphatic rings. The van der Waals surface area contributed by atoms with E-state index in [1.54, 1.807) is 4.90 Å². The SMILES string of the molecule is [C-]#[N+]C[C@H]1CN(c2nc(OC[C@@H]3CCCN3C[CH2-])nc3c2CCNC3)CCN1C(=O)OCc1ccccc1.[Y]. The van der Waals surface area contributed by atoms with Gasteiger partial charge in [0.2, 0.25) is 6.54 Å². The summed E-state index contributed by atoms with van der Waals surface area (Å²) in [5.41, 5.74) is 3.02. The molecule has 0 spiro atoms. The normalized spacial score (nSPS) is 21.0. The third-order valence-electron chi connectivity index (χ3n) is 7.61. The monoisotopic (exact) mass is 607 g/mol. The van der Waals surface area contributed by atoms with E-state index < -0.39 is 0 Å². The molecule has 10 nitrogen and oxygen atoms in total. The van der Waals surface area contributed by atoms with Gasteiger partial charge in [0.15, 0.2) is 0 Å². The summed E-state index contributed by atoms with van der Waals surface area (Å²) in [5, 5.41) is 3.40. The Balaban J connectivity index is 0.00000353. The van der Waals surface area contributed by atoms with Crippen LogP contribution < -0.4 is 15.0 Å². The van der Waals surface area contributed by atoms with Gasteiger partial charge in [-0.05, 0) is 37.9 Å². The predicted molar refractivity (Wildman–Crippen MR) is 144 cm³/mol. The first-order valence-electron chi connectivity index (χ1n) is 13.5. The summed E-state index contributed by atoms with van der Waals surface area (Å²) in [5.74, 6) is 0.860. The minimum Gasteiger partial charge on any atom is -0.462 e.